The molecule has 0 radical (unpaired) electrons. The second-order valence-corrected chi connectivity index (χ2v) is 6.81. The number of hydrogen-bond acceptors (Lipinski definition) is 2. The molecule has 2 nitrogen and oxygen atoms in total. The van der Waals surface area contributed by atoms with Crippen molar-refractivity contribution in [2.45, 2.75) is 18.9 Å². The van der Waals surface area contributed by atoms with Gasteiger partial charge in [0.15, 0.2) is 0 Å². The first kappa shape index (κ1) is 14.9. The molecule has 2 atom stereocenters. The molecule has 0 aliphatic carbocycles. The molecule has 0 saturated heterocycles. The molecule has 1 heterocycles. The van der Waals surface area contributed by atoms with E-state index in [4.69, 9.17) is 22.1 Å². The lowest BCUT2D eigenvalue weighted by molar-refractivity contribution is 0.199. The summed E-state index contributed by atoms with van der Waals surface area (Å²) in [5.74, 6) is 1.31. The number of ether oxygens (including phenoxy) is 1. The van der Waals surface area contributed by atoms with E-state index in [9.17, 15) is 0 Å². The van der Waals surface area contributed by atoms with Crippen LogP contribution in [0, 0.1) is 5.92 Å². The summed E-state index contributed by atoms with van der Waals surface area (Å²) in [5, 5.41) is 0.761. The maximum atomic E-state index is 6.39. The van der Waals surface area contributed by atoms with Gasteiger partial charge in [-0.15, -0.1) is 0 Å². The average Bonchev–Trinajstić information content (AvgIpc) is 2.49. The van der Waals surface area contributed by atoms with Gasteiger partial charge < -0.3 is 10.5 Å². The average molecular weight is 367 g/mol. The Kier molecular flexibility index (Phi) is 4.53. The molecule has 0 bridgehead atoms. The van der Waals surface area contributed by atoms with Crippen molar-refractivity contribution in [3.05, 3.63) is 63.1 Å². The van der Waals surface area contributed by atoms with Crippen LogP contribution in [0.25, 0.3) is 0 Å². The Balaban J connectivity index is 1.70. The summed E-state index contributed by atoms with van der Waals surface area (Å²) in [5.41, 5.74) is 8.73. The number of hydrogen-bond donors (Lipinski definition) is 1. The highest BCUT2D eigenvalue weighted by Gasteiger charge is 2.25. The molecule has 4 heteroatoms. The van der Waals surface area contributed by atoms with E-state index in [0.29, 0.717) is 12.5 Å². The summed E-state index contributed by atoms with van der Waals surface area (Å²) in [6.45, 7) is 0.673. The lowest BCUT2D eigenvalue weighted by Gasteiger charge is -2.29. The summed E-state index contributed by atoms with van der Waals surface area (Å²) < 4.78 is 6.81. The summed E-state index contributed by atoms with van der Waals surface area (Å²) in [7, 11) is 0. The van der Waals surface area contributed by atoms with E-state index in [1.165, 1.54) is 5.56 Å². The van der Waals surface area contributed by atoms with Crippen LogP contribution in [0.5, 0.6) is 5.75 Å². The van der Waals surface area contributed by atoms with Gasteiger partial charge in [-0.2, -0.15) is 0 Å². The first-order valence-corrected chi connectivity index (χ1v) is 8.21. The molecule has 0 fully saturated rings. The fourth-order valence-corrected chi connectivity index (χ4v) is 3.48. The fraction of sp³-hybridized carbons (Fsp3) is 0.294. The van der Waals surface area contributed by atoms with Crippen LogP contribution in [-0.4, -0.2) is 12.6 Å². The lowest BCUT2D eigenvalue weighted by Crippen LogP contribution is -2.39. The van der Waals surface area contributed by atoms with E-state index >= 15 is 0 Å². The molecule has 1 aliphatic heterocycles. The number of para-hydroxylation sites is 1. The first-order chi connectivity index (χ1) is 10.1. The van der Waals surface area contributed by atoms with Crippen LogP contribution in [0.2, 0.25) is 5.02 Å². The molecule has 0 amide bonds. The minimum atomic E-state index is 0.0389. The standard InChI is InChI=1S/C17H17BrClNO/c18-14-6-5-11(15(19)9-14)8-16(20)13-7-12-3-1-2-4-17(12)21-10-13/h1-6,9,13,16H,7-8,10,20H2. The zero-order valence-corrected chi connectivity index (χ0v) is 13.9. The molecular formula is C17H17BrClNO. The van der Waals surface area contributed by atoms with E-state index in [-0.39, 0.29) is 6.04 Å². The van der Waals surface area contributed by atoms with Gasteiger partial charge in [-0.25, -0.2) is 0 Å². The van der Waals surface area contributed by atoms with E-state index in [2.05, 4.69) is 22.0 Å². The third-order valence-corrected chi connectivity index (χ3v) is 4.83. The maximum Gasteiger partial charge on any atom is 0.122 e. The van der Waals surface area contributed by atoms with Gasteiger partial charge >= 0.3 is 0 Å². The van der Waals surface area contributed by atoms with Crippen molar-refractivity contribution in [2.75, 3.05) is 6.61 Å². The Morgan fingerprint density at radius 1 is 1.29 bits per heavy atom. The third-order valence-electron chi connectivity index (χ3n) is 3.98. The molecule has 0 saturated carbocycles. The molecule has 2 unspecified atom stereocenters. The minimum Gasteiger partial charge on any atom is -0.493 e. The number of rotatable bonds is 3. The number of fused-ring (bicyclic) bond motifs is 1. The van der Waals surface area contributed by atoms with Crippen molar-refractivity contribution in [3.8, 4) is 5.75 Å². The topological polar surface area (TPSA) is 35.2 Å². The highest BCUT2D eigenvalue weighted by molar-refractivity contribution is 9.10. The van der Waals surface area contributed by atoms with E-state index in [0.717, 1.165) is 33.6 Å². The number of nitrogens with two attached hydrogens (primary N) is 1. The molecule has 21 heavy (non-hydrogen) atoms. The quantitative estimate of drug-likeness (QED) is 0.882. The molecule has 0 spiro atoms. The fourth-order valence-electron chi connectivity index (χ4n) is 2.73. The predicted molar refractivity (Wildman–Crippen MR) is 90.0 cm³/mol. The molecule has 1 aliphatic rings. The Bertz CT molecular complexity index is 646. The smallest absolute Gasteiger partial charge is 0.122 e. The van der Waals surface area contributed by atoms with Crippen molar-refractivity contribution >= 4 is 27.5 Å². The monoisotopic (exact) mass is 365 g/mol. The Hall–Kier alpha value is -1.03. The van der Waals surface area contributed by atoms with E-state index in [1.807, 2.05) is 36.4 Å². The van der Waals surface area contributed by atoms with Crippen molar-refractivity contribution in [1.82, 2.24) is 0 Å². The second kappa shape index (κ2) is 6.39. The van der Waals surface area contributed by atoms with Gasteiger partial charge in [0.05, 0.1) is 6.61 Å². The molecule has 2 N–H and O–H groups in total. The largest absolute Gasteiger partial charge is 0.493 e. The van der Waals surface area contributed by atoms with Crippen LogP contribution in [0.4, 0.5) is 0 Å². The normalized spacial score (nSPS) is 18.7. The van der Waals surface area contributed by atoms with Crippen LogP contribution >= 0.6 is 27.5 Å². The van der Waals surface area contributed by atoms with Crippen LogP contribution in [0.1, 0.15) is 11.1 Å². The summed E-state index contributed by atoms with van der Waals surface area (Å²) in [4.78, 5) is 0. The highest BCUT2D eigenvalue weighted by atomic mass is 79.9. The summed E-state index contributed by atoms with van der Waals surface area (Å²) >= 11 is 9.70. The Morgan fingerprint density at radius 2 is 2.10 bits per heavy atom. The van der Waals surface area contributed by atoms with Crippen molar-refractivity contribution in [1.29, 1.82) is 0 Å². The van der Waals surface area contributed by atoms with Gasteiger partial charge in [-0.05, 0) is 42.2 Å². The second-order valence-electron chi connectivity index (χ2n) is 5.49. The Morgan fingerprint density at radius 3 is 2.90 bits per heavy atom. The minimum absolute atomic E-state index is 0.0389. The van der Waals surface area contributed by atoms with Gasteiger partial charge in [0.2, 0.25) is 0 Å². The summed E-state index contributed by atoms with van der Waals surface area (Å²) in [6, 6.07) is 14.2. The van der Waals surface area contributed by atoms with Crippen molar-refractivity contribution < 1.29 is 4.74 Å². The van der Waals surface area contributed by atoms with Gasteiger partial charge in [-0.3, -0.25) is 0 Å². The number of halogens is 2. The molecular weight excluding hydrogens is 350 g/mol. The SMILES string of the molecule is NC(Cc1ccc(Br)cc1Cl)C1COc2ccccc2C1. The van der Waals surface area contributed by atoms with E-state index in [1.54, 1.807) is 0 Å². The van der Waals surface area contributed by atoms with Crippen LogP contribution in [0.3, 0.4) is 0 Å². The van der Waals surface area contributed by atoms with Crippen molar-refractivity contribution in [2.24, 2.45) is 11.7 Å². The van der Waals surface area contributed by atoms with Crippen LogP contribution in [0.15, 0.2) is 46.9 Å². The highest BCUT2D eigenvalue weighted by Crippen LogP contribution is 2.30. The number of benzene rings is 2. The molecule has 2 aromatic rings. The molecule has 110 valence electrons. The molecule has 3 rings (SSSR count). The molecule has 0 aromatic heterocycles. The van der Waals surface area contributed by atoms with Gasteiger partial charge in [0, 0.05) is 21.5 Å². The van der Waals surface area contributed by atoms with Gasteiger partial charge in [0.25, 0.3) is 0 Å². The van der Waals surface area contributed by atoms with E-state index < -0.39 is 0 Å². The molecule has 2 aromatic carbocycles. The van der Waals surface area contributed by atoms with Gasteiger partial charge in [-0.1, -0.05) is 51.8 Å². The zero-order valence-electron chi connectivity index (χ0n) is 11.6. The zero-order chi connectivity index (χ0) is 14.8. The maximum absolute atomic E-state index is 6.39. The third kappa shape index (κ3) is 3.42. The first-order valence-electron chi connectivity index (χ1n) is 7.03. The van der Waals surface area contributed by atoms with Crippen LogP contribution < -0.4 is 10.5 Å². The van der Waals surface area contributed by atoms with Crippen molar-refractivity contribution in [3.63, 3.8) is 0 Å². The lowest BCUT2D eigenvalue weighted by atomic mass is 9.87. The Labute approximate surface area is 138 Å². The van der Waals surface area contributed by atoms with Gasteiger partial charge in [0.1, 0.15) is 5.75 Å². The predicted octanol–water partition coefficient (Wildman–Crippen LogP) is 4.22. The van der Waals surface area contributed by atoms with Crippen LogP contribution in [-0.2, 0) is 12.8 Å². The summed E-state index contributed by atoms with van der Waals surface area (Å²) in [6.07, 6.45) is 1.73.